The van der Waals surface area contributed by atoms with E-state index in [9.17, 15) is 18.3 Å². The van der Waals surface area contributed by atoms with Crippen LogP contribution in [0.4, 0.5) is 10.1 Å². The van der Waals surface area contributed by atoms with Gasteiger partial charge in [0.1, 0.15) is 30.3 Å². The summed E-state index contributed by atoms with van der Waals surface area (Å²) >= 11 is 0. The number of ether oxygens (including phenoxy) is 2. The first-order valence-corrected chi connectivity index (χ1v) is 10.6. The lowest BCUT2D eigenvalue weighted by molar-refractivity contribution is -0.117. The summed E-state index contributed by atoms with van der Waals surface area (Å²) in [7, 11) is -4.23. The molecule has 0 saturated carbocycles. The normalized spacial score (nSPS) is 26.0. The van der Waals surface area contributed by atoms with Crippen LogP contribution >= 0.6 is 0 Å². The van der Waals surface area contributed by atoms with Crippen LogP contribution in [0.15, 0.2) is 6.07 Å². The molecule has 154 valence electrons. The van der Waals surface area contributed by atoms with E-state index in [1.54, 1.807) is 4.72 Å². The van der Waals surface area contributed by atoms with Crippen molar-refractivity contribution in [1.29, 1.82) is 0 Å². The molecule has 3 aliphatic heterocycles. The van der Waals surface area contributed by atoms with Gasteiger partial charge in [0, 0.05) is 30.9 Å². The lowest BCUT2D eigenvalue weighted by Crippen LogP contribution is -2.40. The van der Waals surface area contributed by atoms with Gasteiger partial charge in [-0.15, -0.1) is 0 Å². The molecule has 9 nitrogen and oxygen atoms in total. The Kier molecular flexibility index (Phi) is 5.06. The molecule has 1 aromatic carbocycles. The van der Waals surface area contributed by atoms with E-state index in [1.807, 2.05) is 0 Å². The van der Waals surface area contributed by atoms with Crippen LogP contribution in [0, 0.1) is 11.7 Å². The van der Waals surface area contributed by atoms with Crippen molar-refractivity contribution < 1.29 is 32.2 Å². The molecule has 11 heteroatoms. The highest BCUT2D eigenvalue weighted by Gasteiger charge is 2.39. The second-order valence-electron chi connectivity index (χ2n) is 7.26. The number of hydrogen-bond acceptors (Lipinski definition) is 7. The van der Waals surface area contributed by atoms with Crippen molar-refractivity contribution in [2.24, 2.45) is 5.92 Å². The van der Waals surface area contributed by atoms with Crippen LogP contribution in [0.2, 0.25) is 0 Å². The molecule has 2 fully saturated rings. The summed E-state index contributed by atoms with van der Waals surface area (Å²) in [5.74, 6) is -1.58. The molecule has 2 atom stereocenters. The third kappa shape index (κ3) is 3.61. The first kappa shape index (κ1) is 19.2. The van der Waals surface area contributed by atoms with Crippen LogP contribution in [-0.2, 0) is 26.2 Å². The second kappa shape index (κ2) is 7.37. The zero-order valence-corrected chi connectivity index (χ0v) is 15.9. The molecule has 0 aliphatic carbocycles. The monoisotopic (exact) mass is 415 g/mol. The van der Waals surface area contributed by atoms with E-state index in [1.165, 1.54) is 6.07 Å². The van der Waals surface area contributed by atoms with Gasteiger partial charge in [0.15, 0.2) is 5.82 Å². The fourth-order valence-electron chi connectivity index (χ4n) is 3.77. The number of nitrogens with one attached hydrogen (secondary N) is 2. The molecule has 4 rings (SSSR count). The Morgan fingerprint density at radius 2 is 2.21 bits per heavy atom. The molecule has 0 spiro atoms. The van der Waals surface area contributed by atoms with Crippen LogP contribution < -0.4 is 19.1 Å². The van der Waals surface area contributed by atoms with E-state index in [0.717, 1.165) is 32.6 Å². The minimum Gasteiger partial charge on any atom is -0.505 e. The Morgan fingerprint density at radius 1 is 1.39 bits per heavy atom. The van der Waals surface area contributed by atoms with Crippen molar-refractivity contribution in [2.45, 2.75) is 25.3 Å². The van der Waals surface area contributed by atoms with Crippen molar-refractivity contribution in [2.75, 3.05) is 37.2 Å². The van der Waals surface area contributed by atoms with Gasteiger partial charge in [-0.25, -0.2) is 13.4 Å². The molecular weight excluding hydrogens is 393 g/mol. The topological polar surface area (TPSA) is 117 Å². The van der Waals surface area contributed by atoms with E-state index >= 15 is 4.39 Å². The van der Waals surface area contributed by atoms with Gasteiger partial charge in [-0.3, -0.25) is 4.79 Å². The number of halogens is 1. The number of benzene rings is 1. The van der Waals surface area contributed by atoms with Gasteiger partial charge in [-0.1, -0.05) is 0 Å². The SMILES string of the molecule is O=C1CN(c2c(O)cc3c(c2F)C[C@H](NCCC2CCOC2)CO3)S(=O)(=O)N1. The van der Waals surface area contributed by atoms with E-state index < -0.39 is 39.9 Å². The zero-order chi connectivity index (χ0) is 19.9. The number of amides is 1. The summed E-state index contributed by atoms with van der Waals surface area (Å²) in [6, 6.07) is 1.05. The Morgan fingerprint density at radius 3 is 2.89 bits per heavy atom. The van der Waals surface area contributed by atoms with Gasteiger partial charge in [-0.05, 0) is 31.7 Å². The number of carbonyl (C=O) groups excluding carboxylic acids is 1. The highest BCUT2D eigenvalue weighted by atomic mass is 32.2. The molecule has 1 unspecified atom stereocenters. The van der Waals surface area contributed by atoms with Gasteiger partial charge in [-0.2, -0.15) is 8.42 Å². The van der Waals surface area contributed by atoms with Gasteiger partial charge in [0.05, 0.1) is 0 Å². The number of anilines is 1. The molecule has 3 N–H and O–H groups in total. The maximum absolute atomic E-state index is 15.1. The van der Waals surface area contributed by atoms with E-state index in [0.29, 0.717) is 16.8 Å². The largest absolute Gasteiger partial charge is 0.505 e. The van der Waals surface area contributed by atoms with E-state index in [2.05, 4.69) is 5.32 Å². The van der Waals surface area contributed by atoms with Crippen LogP contribution in [-0.4, -0.2) is 58.4 Å². The summed E-state index contributed by atoms with van der Waals surface area (Å²) < 4.78 is 52.5. The van der Waals surface area contributed by atoms with E-state index in [-0.39, 0.29) is 23.8 Å². The number of aromatic hydroxyl groups is 1. The Hall–Kier alpha value is -2.11. The number of nitrogens with zero attached hydrogens (tertiary/aromatic N) is 1. The molecular formula is C17H22FN3O6S. The Labute approximate surface area is 162 Å². The number of fused-ring (bicyclic) bond motifs is 1. The summed E-state index contributed by atoms with van der Waals surface area (Å²) in [5.41, 5.74) is -0.361. The molecule has 3 aliphatic rings. The number of carbonyl (C=O) groups is 1. The maximum Gasteiger partial charge on any atom is 0.326 e. The Bertz CT molecular complexity index is 887. The lowest BCUT2D eigenvalue weighted by Gasteiger charge is -2.29. The number of hydrogen-bond donors (Lipinski definition) is 3. The van der Waals surface area contributed by atoms with Crippen LogP contribution in [0.3, 0.4) is 0 Å². The van der Waals surface area contributed by atoms with Gasteiger partial charge in [0.2, 0.25) is 0 Å². The predicted molar refractivity (Wildman–Crippen MR) is 97.0 cm³/mol. The van der Waals surface area contributed by atoms with Crippen molar-refractivity contribution in [3.8, 4) is 11.5 Å². The molecule has 2 saturated heterocycles. The average Bonchev–Trinajstić information content (AvgIpc) is 3.23. The number of phenols is 1. The molecule has 1 amide bonds. The van der Waals surface area contributed by atoms with Crippen molar-refractivity contribution in [3.63, 3.8) is 0 Å². The third-order valence-corrected chi connectivity index (χ3v) is 6.63. The quantitative estimate of drug-likeness (QED) is 0.621. The first-order chi connectivity index (χ1) is 13.3. The van der Waals surface area contributed by atoms with Crippen LogP contribution in [0.5, 0.6) is 11.5 Å². The van der Waals surface area contributed by atoms with E-state index in [4.69, 9.17) is 9.47 Å². The smallest absolute Gasteiger partial charge is 0.326 e. The minimum absolute atomic E-state index is 0.142. The van der Waals surface area contributed by atoms with Gasteiger partial charge in [0.25, 0.3) is 5.91 Å². The van der Waals surface area contributed by atoms with Crippen LogP contribution in [0.25, 0.3) is 0 Å². The molecule has 0 radical (unpaired) electrons. The first-order valence-electron chi connectivity index (χ1n) is 9.16. The zero-order valence-electron chi connectivity index (χ0n) is 15.1. The fraction of sp³-hybridized carbons (Fsp3) is 0.588. The van der Waals surface area contributed by atoms with Crippen molar-refractivity contribution >= 4 is 21.8 Å². The van der Waals surface area contributed by atoms with Gasteiger partial charge >= 0.3 is 10.2 Å². The minimum atomic E-state index is -4.23. The molecule has 28 heavy (non-hydrogen) atoms. The highest BCUT2D eigenvalue weighted by molar-refractivity contribution is 7.92. The average molecular weight is 415 g/mol. The number of phenolic OH excluding ortho intramolecular Hbond substituents is 1. The summed E-state index contributed by atoms with van der Waals surface area (Å²) in [6.07, 6.45) is 2.28. The van der Waals surface area contributed by atoms with Gasteiger partial charge < -0.3 is 19.9 Å². The predicted octanol–water partition coefficient (Wildman–Crippen LogP) is 0.0320. The van der Waals surface area contributed by atoms with Crippen molar-refractivity contribution in [1.82, 2.24) is 10.0 Å². The molecule has 1 aromatic rings. The maximum atomic E-state index is 15.1. The molecule has 0 aromatic heterocycles. The van der Waals surface area contributed by atoms with Crippen molar-refractivity contribution in [3.05, 3.63) is 17.4 Å². The standard InChI is InChI=1S/C17H22FN3O6S/c18-16-12-5-11(19-3-1-10-2-4-26-8-10)9-27-14(12)6-13(22)17(16)21-7-15(23)20-28(21,24)25/h6,10-11,19,22H,1-5,7-9H2,(H,20,23)/t10?,11-/m0/s1. The summed E-state index contributed by atoms with van der Waals surface area (Å²) in [5, 5.41) is 13.5. The molecule has 3 heterocycles. The summed E-state index contributed by atoms with van der Waals surface area (Å²) in [4.78, 5) is 11.5. The van der Waals surface area contributed by atoms with Crippen LogP contribution in [0.1, 0.15) is 18.4 Å². The molecule has 0 bridgehead atoms. The third-order valence-electron chi connectivity index (χ3n) is 5.25. The summed E-state index contributed by atoms with van der Waals surface area (Å²) in [6.45, 7) is 2.02. The highest BCUT2D eigenvalue weighted by Crippen LogP contribution is 2.41. The fourth-order valence-corrected chi connectivity index (χ4v) is 4.94. The number of rotatable bonds is 5. The lowest BCUT2D eigenvalue weighted by atomic mass is 9.99. The second-order valence-corrected chi connectivity index (χ2v) is 8.85. The Balaban J connectivity index is 1.51.